The van der Waals surface area contributed by atoms with Crippen molar-refractivity contribution in [3.63, 3.8) is 0 Å². The first-order valence-electron chi connectivity index (χ1n) is 5.22. The van der Waals surface area contributed by atoms with Crippen molar-refractivity contribution in [2.24, 2.45) is 0 Å². The zero-order valence-corrected chi connectivity index (χ0v) is 9.84. The normalized spacial score (nSPS) is 10.5. The summed E-state index contributed by atoms with van der Waals surface area (Å²) in [6.07, 6.45) is 5.77. The molecule has 0 amide bonds. The van der Waals surface area contributed by atoms with E-state index in [4.69, 9.17) is 0 Å². The number of aryl methyl sites for hydroxylation is 2. The van der Waals surface area contributed by atoms with Gasteiger partial charge in [-0.1, -0.05) is 13.8 Å². The summed E-state index contributed by atoms with van der Waals surface area (Å²) in [6, 6.07) is 2.05. The minimum absolute atomic E-state index is 1.00. The number of thiazole rings is 1. The van der Waals surface area contributed by atoms with Gasteiger partial charge in [0, 0.05) is 23.3 Å². The van der Waals surface area contributed by atoms with E-state index in [2.05, 4.69) is 35.3 Å². The molecule has 2 nitrogen and oxygen atoms in total. The third-order valence-corrected chi connectivity index (χ3v) is 3.35. The minimum atomic E-state index is 1.00. The van der Waals surface area contributed by atoms with E-state index in [-0.39, 0.29) is 0 Å². The van der Waals surface area contributed by atoms with Gasteiger partial charge in [-0.3, -0.25) is 4.98 Å². The van der Waals surface area contributed by atoms with Gasteiger partial charge in [-0.15, -0.1) is 11.3 Å². The molecule has 78 valence electrons. The van der Waals surface area contributed by atoms with Crippen LogP contribution in [0, 0.1) is 0 Å². The largest absolute Gasteiger partial charge is 0.264 e. The zero-order chi connectivity index (χ0) is 10.7. The molecule has 0 radical (unpaired) electrons. The van der Waals surface area contributed by atoms with E-state index in [1.807, 2.05) is 12.4 Å². The monoisotopic (exact) mass is 218 g/mol. The van der Waals surface area contributed by atoms with E-state index in [9.17, 15) is 0 Å². The predicted octanol–water partition coefficient (Wildman–Crippen LogP) is 3.33. The number of pyridine rings is 1. The van der Waals surface area contributed by atoms with E-state index in [1.54, 1.807) is 11.3 Å². The highest BCUT2D eigenvalue weighted by Crippen LogP contribution is 2.26. The third-order valence-electron chi connectivity index (χ3n) is 2.43. The van der Waals surface area contributed by atoms with E-state index >= 15 is 0 Å². The first-order chi connectivity index (χ1) is 7.35. The fourth-order valence-electron chi connectivity index (χ4n) is 1.51. The maximum Gasteiger partial charge on any atom is 0.123 e. The third kappa shape index (κ3) is 2.07. The molecule has 0 saturated heterocycles. The molecular formula is C12H14N2S. The van der Waals surface area contributed by atoms with Crippen LogP contribution >= 0.6 is 11.3 Å². The van der Waals surface area contributed by atoms with E-state index < -0.39 is 0 Å². The van der Waals surface area contributed by atoms with Crippen LogP contribution in [0.2, 0.25) is 0 Å². The van der Waals surface area contributed by atoms with Crippen molar-refractivity contribution in [3.05, 3.63) is 35.1 Å². The summed E-state index contributed by atoms with van der Waals surface area (Å²) < 4.78 is 0. The highest BCUT2D eigenvalue weighted by molar-refractivity contribution is 7.13. The van der Waals surface area contributed by atoms with Crippen molar-refractivity contribution in [2.45, 2.75) is 26.7 Å². The Labute approximate surface area is 94.0 Å². The standard InChI is InChI=1S/C12H14N2S/c1-3-9-7-13-6-5-11(9)12-14-10(4-2)8-15-12/h5-8H,3-4H2,1-2H3. The Bertz CT molecular complexity index is 448. The van der Waals surface area contributed by atoms with Gasteiger partial charge in [-0.25, -0.2) is 4.98 Å². The van der Waals surface area contributed by atoms with Crippen molar-refractivity contribution in [2.75, 3.05) is 0 Å². The molecule has 0 aliphatic heterocycles. The van der Waals surface area contributed by atoms with Crippen LogP contribution in [0.3, 0.4) is 0 Å². The lowest BCUT2D eigenvalue weighted by atomic mass is 10.1. The van der Waals surface area contributed by atoms with Crippen LogP contribution in [0.25, 0.3) is 10.6 Å². The average Bonchev–Trinajstić information content (AvgIpc) is 2.77. The molecule has 2 aromatic heterocycles. The first-order valence-corrected chi connectivity index (χ1v) is 6.10. The highest BCUT2D eigenvalue weighted by Gasteiger charge is 2.07. The Morgan fingerprint density at radius 1 is 1.27 bits per heavy atom. The second-order valence-electron chi connectivity index (χ2n) is 3.38. The van der Waals surface area contributed by atoms with Gasteiger partial charge >= 0.3 is 0 Å². The van der Waals surface area contributed by atoms with Gasteiger partial charge in [-0.2, -0.15) is 0 Å². The average molecular weight is 218 g/mol. The molecule has 3 heteroatoms. The van der Waals surface area contributed by atoms with Gasteiger partial charge in [-0.05, 0) is 24.5 Å². The van der Waals surface area contributed by atoms with Gasteiger partial charge in [0.2, 0.25) is 0 Å². The quantitative estimate of drug-likeness (QED) is 0.789. The summed E-state index contributed by atoms with van der Waals surface area (Å²) >= 11 is 1.72. The Balaban J connectivity index is 2.44. The summed E-state index contributed by atoms with van der Waals surface area (Å²) in [4.78, 5) is 8.74. The molecule has 0 saturated carbocycles. The van der Waals surface area contributed by atoms with E-state index in [1.165, 1.54) is 16.8 Å². The smallest absolute Gasteiger partial charge is 0.123 e. The van der Waals surface area contributed by atoms with Crippen molar-refractivity contribution < 1.29 is 0 Å². The van der Waals surface area contributed by atoms with Crippen LogP contribution in [0.15, 0.2) is 23.8 Å². The molecule has 0 unspecified atom stereocenters. The number of rotatable bonds is 3. The zero-order valence-electron chi connectivity index (χ0n) is 9.03. The maximum absolute atomic E-state index is 4.60. The van der Waals surface area contributed by atoms with Gasteiger partial charge < -0.3 is 0 Å². The Morgan fingerprint density at radius 3 is 2.80 bits per heavy atom. The fraction of sp³-hybridized carbons (Fsp3) is 0.333. The highest BCUT2D eigenvalue weighted by atomic mass is 32.1. The fourth-order valence-corrected chi connectivity index (χ4v) is 2.47. The van der Waals surface area contributed by atoms with E-state index in [0.717, 1.165) is 17.8 Å². The van der Waals surface area contributed by atoms with Crippen LogP contribution in [-0.4, -0.2) is 9.97 Å². The molecule has 2 aromatic rings. The van der Waals surface area contributed by atoms with Crippen molar-refractivity contribution in [1.29, 1.82) is 0 Å². The summed E-state index contributed by atoms with van der Waals surface area (Å²) in [6.45, 7) is 4.28. The molecule has 0 aliphatic carbocycles. The summed E-state index contributed by atoms with van der Waals surface area (Å²) in [7, 11) is 0. The van der Waals surface area contributed by atoms with Gasteiger partial charge in [0.15, 0.2) is 0 Å². The molecule has 2 rings (SSSR count). The van der Waals surface area contributed by atoms with Gasteiger partial charge in [0.25, 0.3) is 0 Å². The first kappa shape index (κ1) is 10.3. The minimum Gasteiger partial charge on any atom is -0.264 e. The second kappa shape index (κ2) is 4.53. The number of hydrogen-bond donors (Lipinski definition) is 0. The molecule has 0 N–H and O–H groups in total. The number of aromatic nitrogens is 2. The Kier molecular flexibility index (Phi) is 3.11. The lowest BCUT2D eigenvalue weighted by Crippen LogP contribution is -1.89. The molecule has 15 heavy (non-hydrogen) atoms. The van der Waals surface area contributed by atoms with Crippen LogP contribution < -0.4 is 0 Å². The van der Waals surface area contributed by atoms with Gasteiger partial charge in [0.1, 0.15) is 5.01 Å². The summed E-state index contributed by atoms with van der Waals surface area (Å²) in [5, 5.41) is 3.25. The SMILES string of the molecule is CCc1csc(-c2ccncc2CC)n1. The summed E-state index contributed by atoms with van der Waals surface area (Å²) in [5.41, 5.74) is 3.68. The molecule has 0 bridgehead atoms. The predicted molar refractivity (Wildman–Crippen MR) is 64.1 cm³/mol. The molecule has 0 aromatic carbocycles. The maximum atomic E-state index is 4.60. The molecule has 0 fully saturated rings. The molecular weight excluding hydrogens is 204 g/mol. The van der Waals surface area contributed by atoms with Crippen LogP contribution in [0.4, 0.5) is 0 Å². The molecule has 0 aliphatic rings. The van der Waals surface area contributed by atoms with E-state index in [0.29, 0.717) is 0 Å². The topological polar surface area (TPSA) is 25.8 Å². The lowest BCUT2D eigenvalue weighted by molar-refractivity contribution is 1.06. The Hall–Kier alpha value is -1.22. The second-order valence-corrected chi connectivity index (χ2v) is 4.24. The van der Waals surface area contributed by atoms with Gasteiger partial charge in [0.05, 0.1) is 5.69 Å². The van der Waals surface area contributed by atoms with Crippen molar-refractivity contribution >= 4 is 11.3 Å². The number of nitrogens with zero attached hydrogens (tertiary/aromatic N) is 2. The molecule has 2 heterocycles. The lowest BCUT2D eigenvalue weighted by Gasteiger charge is -2.02. The Morgan fingerprint density at radius 2 is 2.13 bits per heavy atom. The van der Waals surface area contributed by atoms with Crippen LogP contribution in [0.5, 0.6) is 0 Å². The van der Waals surface area contributed by atoms with Crippen molar-refractivity contribution in [3.8, 4) is 10.6 Å². The summed E-state index contributed by atoms with van der Waals surface area (Å²) in [5.74, 6) is 0. The number of hydrogen-bond acceptors (Lipinski definition) is 3. The molecule has 0 atom stereocenters. The van der Waals surface area contributed by atoms with Crippen LogP contribution in [-0.2, 0) is 12.8 Å². The van der Waals surface area contributed by atoms with Crippen molar-refractivity contribution in [1.82, 2.24) is 9.97 Å². The molecule has 0 spiro atoms. The van der Waals surface area contributed by atoms with Crippen LogP contribution in [0.1, 0.15) is 25.1 Å².